The number of pyridine rings is 1. The molecule has 0 bridgehead atoms. The van der Waals surface area contributed by atoms with Crippen LogP contribution in [0.1, 0.15) is 16.7 Å². The maximum absolute atomic E-state index is 5.81. The third kappa shape index (κ3) is 4.09. The van der Waals surface area contributed by atoms with Crippen molar-refractivity contribution in [2.45, 2.75) is 19.0 Å². The highest BCUT2D eigenvalue weighted by atomic mass is 79.9. The lowest BCUT2D eigenvalue weighted by Gasteiger charge is -2.06. The minimum Gasteiger partial charge on any atom is -0.309 e. The highest BCUT2D eigenvalue weighted by Gasteiger charge is 1.97. The summed E-state index contributed by atoms with van der Waals surface area (Å²) >= 11 is 9.23. The van der Waals surface area contributed by atoms with Crippen LogP contribution in [0.4, 0.5) is 0 Å². The smallest absolute Gasteiger partial charge is 0.0474 e. The molecule has 2 rings (SSSR count). The van der Waals surface area contributed by atoms with Crippen LogP contribution in [0, 0.1) is 0 Å². The number of hydrogen-bond donors (Lipinski definition) is 1. The number of halogens is 2. The highest BCUT2D eigenvalue weighted by molar-refractivity contribution is 9.10. The summed E-state index contributed by atoms with van der Waals surface area (Å²) in [7, 11) is 0. The number of aromatic nitrogens is 1. The molecule has 0 saturated heterocycles. The van der Waals surface area contributed by atoms with Gasteiger partial charge in [-0.2, -0.15) is 0 Å². The molecule has 94 valence electrons. The van der Waals surface area contributed by atoms with Crippen LogP contribution >= 0.6 is 27.5 Å². The van der Waals surface area contributed by atoms with Gasteiger partial charge in [-0.1, -0.05) is 24.3 Å². The largest absolute Gasteiger partial charge is 0.309 e. The lowest BCUT2D eigenvalue weighted by molar-refractivity contribution is 0.690. The summed E-state index contributed by atoms with van der Waals surface area (Å²) in [4.78, 5) is 4.13. The number of hydrogen-bond acceptors (Lipinski definition) is 2. The Morgan fingerprint density at radius 1 is 1.06 bits per heavy atom. The molecule has 4 heteroatoms. The number of nitrogens with one attached hydrogen (secondary N) is 1. The van der Waals surface area contributed by atoms with Crippen LogP contribution in [0.5, 0.6) is 0 Å². The first-order chi connectivity index (χ1) is 8.78. The van der Waals surface area contributed by atoms with Crippen LogP contribution in [0.2, 0.25) is 0 Å². The molecule has 18 heavy (non-hydrogen) atoms. The Kier molecular flexibility index (Phi) is 5.17. The van der Waals surface area contributed by atoms with Crippen molar-refractivity contribution in [2.24, 2.45) is 0 Å². The number of benzene rings is 1. The molecule has 0 unspecified atom stereocenters. The van der Waals surface area contributed by atoms with E-state index in [9.17, 15) is 0 Å². The van der Waals surface area contributed by atoms with Crippen molar-refractivity contribution < 1.29 is 0 Å². The molecule has 1 aromatic heterocycles. The Labute approximate surface area is 121 Å². The summed E-state index contributed by atoms with van der Waals surface area (Å²) in [6.07, 6.45) is 3.65. The lowest BCUT2D eigenvalue weighted by atomic mass is 10.1. The number of alkyl halides is 1. The molecule has 0 atom stereocenters. The average Bonchev–Trinajstić information content (AvgIpc) is 2.39. The van der Waals surface area contributed by atoms with E-state index in [-0.39, 0.29) is 0 Å². The van der Waals surface area contributed by atoms with E-state index in [0.29, 0.717) is 5.88 Å². The molecular weight excluding hydrogens is 312 g/mol. The topological polar surface area (TPSA) is 24.9 Å². The fourth-order valence-electron chi connectivity index (χ4n) is 1.73. The zero-order valence-corrected chi connectivity index (χ0v) is 12.2. The summed E-state index contributed by atoms with van der Waals surface area (Å²) in [6.45, 7) is 1.63. The molecule has 2 nitrogen and oxygen atoms in total. The van der Waals surface area contributed by atoms with Gasteiger partial charge in [0.25, 0.3) is 0 Å². The predicted molar refractivity (Wildman–Crippen MR) is 78.5 cm³/mol. The van der Waals surface area contributed by atoms with E-state index in [2.05, 4.69) is 44.4 Å². The van der Waals surface area contributed by atoms with E-state index in [1.807, 2.05) is 18.3 Å². The summed E-state index contributed by atoms with van der Waals surface area (Å²) in [6, 6.07) is 10.4. The van der Waals surface area contributed by atoms with Crippen LogP contribution < -0.4 is 5.32 Å². The molecule has 0 spiro atoms. The summed E-state index contributed by atoms with van der Waals surface area (Å²) < 4.78 is 1.01. The monoisotopic (exact) mass is 324 g/mol. The average molecular weight is 326 g/mol. The Balaban J connectivity index is 1.88. The van der Waals surface area contributed by atoms with Crippen LogP contribution in [0.15, 0.2) is 47.2 Å². The summed E-state index contributed by atoms with van der Waals surface area (Å²) in [5.41, 5.74) is 3.56. The molecule has 0 amide bonds. The van der Waals surface area contributed by atoms with Crippen LogP contribution in [0.25, 0.3) is 0 Å². The summed E-state index contributed by atoms with van der Waals surface area (Å²) in [5, 5.41) is 3.39. The standard InChI is InChI=1S/C14H14BrClN2/c15-14-5-13(9-18-10-14)8-17-7-12-3-1-2-11(4-12)6-16/h1-5,9-10,17H,6-8H2. The Morgan fingerprint density at radius 3 is 2.61 bits per heavy atom. The van der Waals surface area contributed by atoms with Crippen molar-refractivity contribution in [2.75, 3.05) is 0 Å². The van der Waals surface area contributed by atoms with Gasteiger partial charge in [-0.25, -0.2) is 0 Å². The van der Waals surface area contributed by atoms with Gasteiger partial charge in [-0.3, -0.25) is 4.98 Å². The SMILES string of the molecule is ClCc1cccc(CNCc2cncc(Br)c2)c1. The normalized spacial score (nSPS) is 10.6. The lowest BCUT2D eigenvalue weighted by Crippen LogP contribution is -2.12. The Morgan fingerprint density at radius 2 is 1.83 bits per heavy atom. The molecule has 1 N–H and O–H groups in total. The fourth-order valence-corrected chi connectivity index (χ4v) is 2.30. The number of nitrogens with zero attached hydrogens (tertiary/aromatic N) is 1. The molecule has 0 fully saturated rings. The second-order valence-corrected chi connectivity index (χ2v) is 5.25. The van der Waals surface area contributed by atoms with E-state index in [1.165, 1.54) is 5.56 Å². The molecule has 0 aliphatic carbocycles. The first-order valence-corrected chi connectivity index (χ1v) is 7.04. The second kappa shape index (κ2) is 6.88. The van der Waals surface area contributed by atoms with Crippen molar-refractivity contribution in [1.82, 2.24) is 10.3 Å². The van der Waals surface area contributed by atoms with Crippen molar-refractivity contribution in [3.05, 3.63) is 63.9 Å². The Bertz CT molecular complexity index is 517. The zero-order chi connectivity index (χ0) is 12.8. The predicted octanol–water partition coefficient (Wildman–Crippen LogP) is 3.87. The fraction of sp³-hybridized carbons (Fsp3) is 0.214. The van der Waals surface area contributed by atoms with E-state index in [1.54, 1.807) is 6.20 Å². The van der Waals surface area contributed by atoms with Crippen LogP contribution in [0.3, 0.4) is 0 Å². The molecular formula is C14H14BrClN2. The third-order valence-electron chi connectivity index (χ3n) is 2.57. The van der Waals surface area contributed by atoms with Crippen molar-refractivity contribution in [1.29, 1.82) is 0 Å². The van der Waals surface area contributed by atoms with E-state index >= 15 is 0 Å². The van der Waals surface area contributed by atoms with E-state index in [4.69, 9.17) is 11.6 Å². The molecule has 0 aliphatic rings. The maximum Gasteiger partial charge on any atom is 0.0474 e. The second-order valence-electron chi connectivity index (χ2n) is 4.07. The number of rotatable bonds is 5. The van der Waals surface area contributed by atoms with Crippen LogP contribution in [-0.4, -0.2) is 4.98 Å². The van der Waals surface area contributed by atoms with Gasteiger partial charge < -0.3 is 5.32 Å². The van der Waals surface area contributed by atoms with Gasteiger partial charge >= 0.3 is 0 Å². The first-order valence-electron chi connectivity index (χ1n) is 5.72. The molecule has 0 saturated carbocycles. The van der Waals surface area contributed by atoms with Gasteiger partial charge in [0.1, 0.15) is 0 Å². The van der Waals surface area contributed by atoms with Gasteiger partial charge in [0.05, 0.1) is 0 Å². The Hall–Kier alpha value is -0.900. The molecule has 1 heterocycles. The third-order valence-corrected chi connectivity index (χ3v) is 3.31. The van der Waals surface area contributed by atoms with Gasteiger partial charge in [-0.05, 0) is 38.7 Å². The molecule has 0 radical (unpaired) electrons. The van der Waals surface area contributed by atoms with Crippen molar-refractivity contribution in [3.63, 3.8) is 0 Å². The quantitative estimate of drug-likeness (QED) is 0.844. The minimum absolute atomic E-state index is 0.559. The van der Waals surface area contributed by atoms with Gasteiger partial charge in [0.15, 0.2) is 0 Å². The molecule has 2 aromatic rings. The van der Waals surface area contributed by atoms with Gasteiger partial charge in [0.2, 0.25) is 0 Å². The highest BCUT2D eigenvalue weighted by Crippen LogP contribution is 2.10. The van der Waals surface area contributed by atoms with E-state index < -0.39 is 0 Å². The van der Waals surface area contributed by atoms with E-state index in [0.717, 1.165) is 28.7 Å². The van der Waals surface area contributed by atoms with Gasteiger partial charge in [-0.15, -0.1) is 11.6 Å². The summed E-state index contributed by atoms with van der Waals surface area (Å²) in [5.74, 6) is 0.559. The minimum atomic E-state index is 0.559. The zero-order valence-electron chi connectivity index (χ0n) is 9.87. The maximum atomic E-state index is 5.81. The van der Waals surface area contributed by atoms with Crippen molar-refractivity contribution >= 4 is 27.5 Å². The molecule has 0 aliphatic heterocycles. The molecule has 1 aromatic carbocycles. The first kappa shape index (κ1) is 13.5. The van der Waals surface area contributed by atoms with Crippen molar-refractivity contribution in [3.8, 4) is 0 Å². The van der Waals surface area contributed by atoms with Gasteiger partial charge in [0, 0.05) is 35.8 Å². The van der Waals surface area contributed by atoms with Crippen LogP contribution in [-0.2, 0) is 19.0 Å².